The SMILES string of the molecule is Cn1c(CC2CCCCCC2N)nc2ccccc21. The number of rotatable bonds is 2. The highest BCUT2D eigenvalue weighted by Gasteiger charge is 2.22. The Hall–Kier alpha value is -1.35. The summed E-state index contributed by atoms with van der Waals surface area (Å²) in [6, 6.07) is 8.70. The van der Waals surface area contributed by atoms with E-state index in [2.05, 4.69) is 35.9 Å². The highest BCUT2D eigenvalue weighted by molar-refractivity contribution is 5.75. The van der Waals surface area contributed by atoms with Crippen LogP contribution in [0.15, 0.2) is 24.3 Å². The number of aromatic nitrogens is 2. The molecule has 3 nitrogen and oxygen atoms in total. The predicted molar refractivity (Wildman–Crippen MR) is 79.0 cm³/mol. The minimum atomic E-state index is 0.349. The molecule has 0 aliphatic heterocycles. The summed E-state index contributed by atoms with van der Waals surface area (Å²) in [6.07, 6.45) is 7.40. The fourth-order valence-corrected chi connectivity index (χ4v) is 3.28. The number of nitrogens with zero attached hydrogens (tertiary/aromatic N) is 2. The summed E-state index contributed by atoms with van der Waals surface area (Å²) in [5, 5.41) is 0. The fourth-order valence-electron chi connectivity index (χ4n) is 3.28. The average Bonchev–Trinajstić information content (AvgIpc) is 2.59. The van der Waals surface area contributed by atoms with E-state index < -0.39 is 0 Å². The second-order valence-electron chi connectivity index (χ2n) is 5.84. The van der Waals surface area contributed by atoms with Gasteiger partial charge in [-0.05, 0) is 30.9 Å². The Bertz CT molecular complexity index is 558. The molecule has 1 aliphatic carbocycles. The molecule has 0 radical (unpaired) electrons. The number of aryl methyl sites for hydroxylation is 1. The molecule has 1 aliphatic rings. The summed E-state index contributed by atoms with van der Waals surface area (Å²) in [6.45, 7) is 0. The number of hydrogen-bond donors (Lipinski definition) is 1. The van der Waals surface area contributed by atoms with Crippen molar-refractivity contribution in [1.29, 1.82) is 0 Å². The molecule has 0 bridgehead atoms. The summed E-state index contributed by atoms with van der Waals surface area (Å²) in [5.74, 6) is 1.78. The van der Waals surface area contributed by atoms with Crippen LogP contribution >= 0.6 is 0 Å². The number of hydrogen-bond acceptors (Lipinski definition) is 2. The Labute approximate surface area is 114 Å². The van der Waals surface area contributed by atoms with Gasteiger partial charge in [0.25, 0.3) is 0 Å². The van der Waals surface area contributed by atoms with E-state index in [0.717, 1.165) is 11.9 Å². The molecule has 1 fully saturated rings. The van der Waals surface area contributed by atoms with Crippen molar-refractivity contribution in [2.75, 3.05) is 0 Å². The third-order valence-electron chi connectivity index (χ3n) is 4.54. The van der Waals surface area contributed by atoms with Gasteiger partial charge in [0.2, 0.25) is 0 Å². The summed E-state index contributed by atoms with van der Waals surface area (Å²) < 4.78 is 2.23. The van der Waals surface area contributed by atoms with Gasteiger partial charge in [-0.3, -0.25) is 0 Å². The smallest absolute Gasteiger partial charge is 0.109 e. The highest BCUT2D eigenvalue weighted by atomic mass is 15.1. The Morgan fingerprint density at radius 3 is 2.84 bits per heavy atom. The molecule has 1 aromatic carbocycles. The maximum atomic E-state index is 6.33. The van der Waals surface area contributed by atoms with Crippen LogP contribution in [0.3, 0.4) is 0 Å². The van der Waals surface area contributed by atoms with Crippen LogP contribution in [0, 0.1) is 5.92 Å². The van der Waals surface area contributed by atoms with Crippen molar-refractivity contribution in [3.63, 3.8) is 0 Å². The molecule has 0 amide bonds. The van der Waals surface area contributed by atoms with E-state index in [1.807, 2.05) is 0 Å². The second-order valence-corrected chi connectivity index (χ2v) is 5.84. The molecule has 102 valence electrons. The van der Waals surface area contributed by atoms with Crippen LogP contribution < -0.4 is 5.73 Å². The molecule has 3 heteroatoms. The lowest BCUT2D eigenvalue weighted by Gasteiger charge is -2.20. The van der Waals surface area contributed by atoms with Crippen molar-refractivity contribution in [3.05, 3.63) is 30.1 Å². The Morgan fingerprint density at radius 2 is 2.00 bits per heavy atom. The fraction of sp³-hybridized carbons (Fsp3) is 0.562. The van der Waals surface area contributed by atoms with Gasteiger partial charge in [0, 0.05) is 19.5 Å². The zero-order valence-electron chi connectivity index (χ0n) is 11.7. The number of imidazole rings is 1. The molecule has 2 aromatic rings. The molecule has 1 heterocycles. The first-order valence-corrected chi connectivity index (χ1v) is 7.41. The lowest BCUT2D eigenvalue weighted by molar-refractivity contribution is 0.386. The molecule has 2 N–H and O–H groups in total. The Kier molecular flexibility index (Phi) is 3.56. The van der Waals surface area contributed by atoms with E-state index in [9.17, 15) is 0 Å². The molecule has 0 spiro atoms. The first kappa shape index (κ1) is 12.7. The molecular formula is C16H23N3. The van der Waals surface area contributed by atoms with E-state index in [4.69, 9.17) is 10.7 Å². The first-order chi connectivity index (χ1) is 9.25. The van der Waals surface area contributed by atoms with Gasteiger partial charge in [-0.25, -0.2) is 4.98 Å². The van der Waals surface area contributed by atoms with E-state index in [1.165, 1.54) is 43.4 Å². The normalized spacial score (nSPS) is 24.5. The highest BCUT2D eigenvalue weighted by Crippen LogP contribution is 2.26. The third-order valence-corrected chi connectivity index (χ3v) is 4.54. The van der Waals surface area contributed by atoms with Crippen LogP contribution in [0.1, 0.15) is 37.9 Å². The van der Waals surface area contributed by atoms with Crippen molar-refractivity contribution in [1.82, 2.24) is 9.55 Å². The minimum Gasteiger partial charge on any atom is -0.331 e. The third kappa shape index (κ3) is 2.52. The van der Waals surface area contributed by atoms with Crippen molar-refractivity contribution < 1.29 is 0 Å². The predicted octanol–water partition coefficient (Wildman–Crippen LogP) is 3.02. The van der Waals surface area contributed by atoms with Crippen LogP contribution in [0.5, 0.6) is 0 Å². The van der Waals surface area contributed by atoms with Crippen LogP contribution in [-0.4, -0.2) is 15.6 Å². The van der Waals surface area contributed by atoms with Crippen LogP contribution in [0.4, 0.5) is 0 Å². The van der Waals surface area contributed by atoms with E-state index in [0.29, 0.717) is 12.0 Å². The number of benzene rings is 1. The lowest BCUT2D eigenvalue weighted by Crippen LogP contribution is -2.31. The summed E-state index contributed by atoms with van der Waals surface area (Å²) in [5.41, 5.74) is 8.66. The maximum absolute atomic E-state index is 6.33. The van der Waals surface area contributed by atoms with Gasteiger partial charge in [-0.1, -0.05) is 31.4 Å². The number of para-hydroxylation sites is 2. The van der Waals surface area contributed by atoms with Gasteiger partial charge in [-0.2, -0.15) is 0 Å². The van der Waals surface area contributed by atoms with Gasteiger partial charge < -0.3 is 10.3 Å². The second kappa shape index (κ2) is 5.33. The first-order valence-electron chi connectivity index (χ1n) is 7.41. The average molecular weight is 257 g/mol. The molecule has 3 rings (SSSR count). The largest absolute Gasteiger partial charge is 0.331 e. The molecule has 1 saturated carbocycles. The minimum absolute atomic E-state index is 0.349. The molecular weight excluding hydrogens is 234 g/mol. The van der Waals surface area contributed by atoms with Crippen molar-refractivity contribution in [2.24, 2.45) is 18.7 Å². The summed E-state index contributed by atoms with van der Waals surface area (Å²) >= 11 is 0. The quantitative estimate of drug-likeness (QED) is 0.840. The van der Waals surface area contributed by atoms with E-state index >= 15 is 0 Å². The van der Waals surface area contributed by atoms with Crippen molar-refractivity contribution in [2.45, 2.75) is 44.6 Å². The van der Waals surface area contributed by atoms with Gasteiger partial charge in [0.05, 0.1) is 11.0 Å². The summed E-state index contributed by atoms with van der Waals surface area (Å²) in [4.78, 5) is 4.78. The van der Waals surface area contributed by atoms with Crippen LogP contribution in [-0.2, 0) is 13.5 Å². The Morgan fingerprint density at radius 1 is 1.21 bits per heavy atom. The molecule has 2 atom stereocenters. The van der Waals surface area contributed by atoms with Crippen LogP contribution in [0.2, 0.25) is 0 Å². The monoisotopic (exact) mass is 257 g/mol. The van der Waals surface area contributed by atoms with E-state index in [1.54, 1.807) is 0 Å². The molecule has 2 unspecified atom stereocenters. The Balaban J connectivity index is 1.86. The van der Waals surface area contributed by atoms with Gasteiger partial charge in [0.1, 0.15) is 5.82 Å². The van der Waals surface area contributed by atoms with E-state index in [-0.39, 0.29) is 0 Å². The summed E-state index contributed by atoms with van der Waals surface area (Å²) in [7, 11) is 2.12. The van der Waals surface area contributed by atoms with Crippen molar-refractivity contribution in [3.8, 4) is 0 Å². The zero-order chi connectivity index (χ0) is 13.2. The zero-order valence-corrected chi connectivity index (χ0v) is 11.7. The molecule has 0 saturated heterocycles. The molecule has 1 aromatic heterocycles. The van der Waals surface area contributed by atoms with Gasteiger partial charge in [0.15, 0.2) is 0 Å². The van der Waals surface area contributed by atoms with Crippen LogP contribution in [0.25, 0.3) is 11.0 Å². The number of fused-ring (bicyclic) bond motifs is 1. The van der Waals surface area contributed by atoms with Crippen molar-refractivity contribution >= 4 is 11.0 Å². The maximum Gasteiger partial charge on any atom is 0.109 e. The number of nitrogens with two attached hydrogens (primary N) is 1. The molecule has 19 heavy (non-hydrogen) atoms. The topological polar surface area (TPSA) is 43.8 Å². The lowest BCUT2D eigenvalue weighted by atomic mass is 9.92. The van der Waals surface area contributed by atoms with Gasteiger partial charge >= 0.3 is 0 Å². The van der Waals surface area contributed by atoms with Gasteiger partial charge in [-0.15, -0.1) is 0 Å². The standard InChI is InChI=1S/C16H23N3/c1-19-15-10-6-5-9-14(15)18-16(19)11-12-7-3-2-4-8-13(12)17/h5-6,9-10,12-13H,2-4,7-8,11,17H2,1H3.